The van der Waals surface area contributed by atoms with Gasteiger partial charge in [0.15, 0.2) is 0 Å². The van der Waals surface area contributed by atoms with Crippen molar-refractivity contribution in [2.24, 2.45) is 0 Å². The summed E-state index contributed by atoms with van der Waals surface area (Å²) in [5, 5.41) is 14.3. The number of amides is 1. The van der Waals surface area contributed by atoms with Crippen LogP contribution in [0.2, 0.25) is 0 Å². The molecule has 0 fully saturated rings. The van der Waals surface area contributed by atoms with Gasteiger partial charge in [0.25, 0.3) is 5.91 Å². The van der Waals surface area contributed by atoms with Crippen molar-refractivity contribution in [3.05, 3.63) is 66.4 Å². The molecule has 2 aromatic carbocycles. The fourth-order valence-electron chi connectivity index (χ4n) is 2.50. The molecule has 2 aromatic heterocycles. The second-order valence-corrected chi connectivity index (χ2v) is 6.20. The van der Waals surface area contributed by atoms with Crippen molar-refractivity contribution in [3.63, 3.8) is 0 Å². The van der Waals surface area contributed by atoms with Crippen LogP contribution < -0.4 is 5.32 Å². The molecule has 1 amide bonds. The van der Waals surface area contributed by atoms with Crippen LogP contribution in [-0.2, 0) is 0 Å². The standard InChI is InChI=1S/C18H12N2O2S/c21-13-6-4-12(5-7-13)20-17(22)11-3-8-14-15-2-1-9-19-18(15)23-16(14)10-11/h1-10,21H,(H,20,22). The number of aromatic hydroxyl groups is 1. The lowest BCUT2D eigenvalue weighted by Gasteiger charge is -2.05. The van der Waals surface area contributed by atoms with Gasteiger partial charge in [0.1, 0.15) is 10.6 Å². The molecule has 0 aliphatic heterocycles. The highest BCUT2D eigenvalue weighted by Gasteiger charge is 2.10. The Morgan fingerprint density at radius 2 is 1.87 bits per heavy atom. The Balaban J connectivity index is 1.69. The summed E-state index contributed by atoms with van der Waals surface area (Å²) in [6.45, 7) is 0. The van der Waals surface area contributed by atoms with Gasteiger partial charge in [-0.15, -0.1) is 11.3 Å². The molecule has 4 rings (SSSR count). The van der Waals surface area contributed by atoms with Crippen LogP contribution in [0, 0.1) is 0 Å². The molecular formula is C18H12N2O2S. The first-order valence-corrected chi connectivity index (χ1v) is 7.90. The number of carbonyl (C=O) groups excluding carboxylic acids is 1. The van der Waals surface area contributed by atoms with E-state index in [2.05, 4.69) is 10.3 Å². The first-order chi connectivity index (χ1) is 11.2. The van der Waals surface area contributed by atoms with Crippen molar-refractivity contribution in [3.8, 4) is 5.75 Å². The second-order valence-electron chi connectivity index (χ2n) is 5.17. The molecule has 0 bridgehead atoms. The normalized spacial score (nSPS) is 11.0. The smallest absolute Gasteiger partial charge is 0.255 e. The van der Waals surface area contributed by atoms with Gasteiger partial charge < -0.3 is 10.4 Å². The van der Waals surface area contributed by atoms with E-state index in [1.54, 1.807) is 29.7 Å². The molecule has 0 spiro atoms. The zero-order valence-corrected chi connectivity index (χ0v) is 12.8. The summed E-state index contributed by atoms with van der Waals surface area (Å²) in [5.41, 5.74) is 1.24. The van der Waals surface area contributed by atoms with E-state index in [1.165, 1.54) is 12.1 Å². The predicted molar refractivity (Wildman–Crippen MR) is 93.2 cm³/mol. The lowest BCUT2D eigenvalue weighted by atomic mass is 10.1. The fraction of sp³-hybridized carbons (Fsp3) is 0. The SMILES string of the molecule is O=C(Nc1ccc(O)cc1)c1ccc2c(c1)sc1ncccc12. The number of carbonyl (C=O) groups is 1. The average molecular weight is 320 g/mol. The fourth-order valence-corrected chi connectivity index (χ4v) is 3.58. The number of benzene rings is 2. The van der Waals surface area contributed by atoms with Gasteiger partial charge in [-0.2, -0.15) is 0 Å². The van der Waals surface area contributed by atoms with E-state index in [0.29, 0.717) is 11.3 Å². The number of fused-ring (bicyclic) bond motifs is 3. The predicted octanol–water partition coefficient (Wildman–Crippen LogP) is 4.41. The molecule has 0 saturated carbocycles. The number of nitrogens with zero attached hydrogens (tertiary/aromatic N) is 1. The first kappa shape index (κ1) is 13.7. The quantitative estimate of drug-likeness (QED) is 0.538. The highest BCUT2D eigenvalue weighted by Crippen LogP contribution is 2.32. The largest absolute Gasteiger partial charge is 0.508 e. The van der Waals surface area contributed by atoms with Gasteiger partial charge in [-0.05, 0) is 48.5 Å². The van der Waals surface area contributed by atoms with Crippen molar-refractivity contribution in [2.75, 3.05) is 5.32 Å². The summed E-state index contributed by atoms with van der Waals surface area (Å²) >= 11 is 1.58. The van der Waals surface area contributed by atoms with Crippen LogP contribution in [0.3, 0.4) is 0 Å². The third-order valence-corrected chi connectivity index (χ3v) is 4.71. The Hall–Kier alpha value is -2.92. The van der Waals surface area contributed by atoms with Crippen LogP contribution in [0.5, 0.6) is 5.75 Å². The maximum Gasteiger partial charge on any atom is 0.255 e. The van der Waals surface area contributed by atoms with E-state index >= 15 is 0 Å². The molecular weight excluding hydrogens is 308 g/mol. The van der Waals surface area contributed by atoms with Gasteiger partial charge in [0, 0.05) is 32.9 Å². The summed E-state index contributed by atoms with van der Waals surface area (Å²) in [4.78, 5) is 17.7. The van der Waals surface area contributed by atoms with E-state index in [4.69, 9.17) is 0 Å². The Kier molecular flexibility index (Phi) is 3.20. The zero-order chi connectivity index (χ0) is 15.8. The lowest BCUT2D eigenvalue weighted by molar-refractivity contribution is 0.102. The topological polar surface area (TPSA) is 62.2 Å². The number of phenolic OH excluding ortho intramolecular Hbond substituents is 1. The summed E-state index contributed by atoms with van der Waals surface area (Å²) < 4.78 is 1.04. The Morgan fingerprint density at radius 3 is 2.70 bits per heavy atom. The lowest BCUT2D eigenvalue weighted by Crippen LogP contribution is -2.11. The number of hydrogen-bond donors (Lipinski definition) is 2. The van der Waals surface area contributed by atoms with Crippen LogP contribution in [0.25, 0.3) is 20.3 Å². The highest BCUT2D eigenvalue weighted by molar-refractivity contribution is 7.25. The Labute approximate surface area is 136 Å². The van der Waals surface area contributed by atoms with Gasteiger partial charge in [-0.3, -0.25) is 4.79 Å². The Bertz CT molecular complexity index is 1020. The molecule has 0 radical (unpaired) electrons. The van der Waals surface area contributed by atoms with Gasteiger partial charge in [-0.1, -0.05) is 6.07 Å². The van der Waals surface area contributed by atoms with E-state index in [1.807, 2.05) is 30.3 Å². The molecule has 0 atom stereocenters. The minimum Gasteiger partial charge on any atom is -0.508 e. The van der Waals surface area contributed by atoms with Crippen molar-refractivity contribution in [2.45, 2.75) is 0 Å². The van der Waals surface area contributed by atoms with E-state index in [-0.39, 0.29) is 11.7 Å². The van der Waals surface area contributed by atoms with Gasteiger partial charge in [0.05, 0.1) is 0 Å². The van der Waals surface area contributed by atoms with Crippen molar-refractivity contribution in [1.29, 1.82) is 0 Å². The summed E-state index contributed by atoms with van der Waals surface area (Å²) in [7, 11) is 0. The maximum atomic E-state index is 12.4. The van der Waals surface area contributed by atoms with Gasteiger partial charge >= 0.3 is 0 Å². The third-order valence-electron chi connectivity index (χ3n) is 3.64. The molecule has 0 aliphatic carbocycles. The van der Waals surface area contributed by atoms with Crippen LogP contribution in [0.4, 0.5) is 5.69 Å². The molecule has 4 aromatic rings. The molecule has 0 saturated heterocycles. The Morgan fingerprint density at radius 1 is 1.04 bits per heavy atom. The number of anilines is 1. The van der Waals surface area contributed by atoms with Crippen LogP contribution in [0.1, 0.15) is 10.4 Å². The molecule has 0 unspecified atom stereocenters. The molecule has 23 heavy (non-hydrogen) atoms. The maximum absolute atomic E-state index is 12.4. The zero-order valence-electron chi connectivity index (χ0n) is 12.0. The summed E-state index contributed by atoms with van der Waals surface area (Å²) in [6, 6.07) is 16.0. The van der Waals surface area contributed by atoms with E-state index in [9.17, 15) is 9.90 Å². The minimum absolute atomic E-state index is 0.169. The molecule has 5 heteroatoms. The number of thiophene rings is 1. The van der Waals surface area contributed by atoms with Crippen LogP contribution in [-0.4, -0.2) is 16.0 Å². The summed E-state index contributed by atoms with van der Waals surface area (Å²) in [5.74, 6) is -0.00907. The van der Waals surface area contributed by atoms with Crippen molar-refractivity contribution in [1.82, 2.24) is 4.98 Å². The number of rotatable bonds is 2. The second kappa shape index (κ2) is 5.37. The first-order valence-electron chi connectivity index (χ1n) is 7.08. The highest BCUT2D eigenvalue weighted by atomic mass is 32.1. The molecule has 2 heterocycles. The molecule has 112 valence electrons. The minimum atomic E-state index is -0.178. The third kappa shape index (κ3) is 2.51. The number of hydrogen-bond acceptors (Lipinski definition) is 4. The number of phenols is 1. The molecule has 2 N–H and O–H groups in total. The average Bonchev–Trinajstić information content (AvgIpc) is 2.94. The van der Waals surface area contributed by atoms with Gasteiger partial charge in [0.2, 0.25) is 0 Å². The summed E-state index contributed by atoms with van der Waals surface area (Å²) in [6.07, 6.45) is 1.77. The van der Waals surface area contributed by atoms with Crippen LogP contribution in [0.15, 0.2) is 60.8 Å². The van der Waals surface area contributed by atoms with Crippen molar-refractivity contribution < 1.29 is 9.90 Å². The van der Waals surface area contributed by atoms with Crippen LogP contribution >= 0.6 is 11.3 Å². The number of nitrogens with one attached hydrogen (secondary N) is 1. The molecule has 0 aliphatic rings. The monoisotopic (exact) mass is 320 g/mol. The number of aromatic nitrogens is 1. The van der Waals surface area contributed by atoms with E-state index < -0.39 is 0 Å². The van der Waals surface area contributed by atoms with Gasteiger partial charge in [-0.25, -0.2) is 4.98 Å². The van der Waals surface area contributed by atoms with E-state index in [0.717, 1.165) is 20.3 Å². The molecule has 4 nitrogen and oxygen atoms in total. The number of pyridine rings is 1. The van der Waals surface area contributed by atoms with Crippen molar-refractivity contribution >= 4 is 43.2 Å².